The van der Waals surface area contributed by atoms with Crippen molar-refractivity contribution < 1.29 is 30.8 Å². The van der Waals surface area contributed by atoms with E-state index in [0.29, 0.717) is 49.0 Å². The number of aryl methyl sites for hydroxylation is 2. The number of hydrogen-bond donors (Lipinski definition) is 0. The van der Waals surface area contributed by atoms with Gasteiger partial charge in [0, 0.05) is 37.7 Å². The van der Waals surface area contributed by atoms with E-state index in [2.05, 4.69) is 10.1 Å². The Balaban J connectivity index is 1.42. The highest BCUT2D eigenvalue weighted by atomic mass is 35.5. The van der Waals surface area contributed by atoms with E-state index in [-0.39, 0.29) is 17.3 Å². The molecule has 0 bridgehead atoms. The molecule has 4 rings (SSSR count). The number of nitrogens with zero attached hydrogens (tertiary/aromatic N) is 3. The third-order valence-corrected chi connectivity index (χ3v) is 8.69. The standard InChI is InChI=1S/C25H27ClF3N3O4S/c1-17-24(18(2)36-30-17)37(33,34)32-13-11-31(12-14-32)15-23(20-5-9-22(26)10-6-20)35-16-19-3-7-21(8-4-19)25(27,28)29/h3-10,23H,11-16H2,1-2H3. The summed E-state index contributed by atoms with van der Waals surface area (Å²) in [5, 5.41) is 4.33. The number of alkyl halides is 3. The van der Waals surface area contributed by atoms with Crippen molar-refractivity contribution in [2.24, 2.45) is 0 Å². The van der Waals surface area contributed by atoms with Crippen LogP contribution in [0.3, 0.4) is 0 Å². The number of halogens is 4. The zero-order valence-electron chi connectivity index (χ0n) is 20.3. The van der Waals surface area contributed by atoms with Gasteiger partial charge in [-0.15, -0.1) is 0 Å². The van der Waals surface area contributed by atoms with Crippen molar-refractivity contribution in [3.8, 4) is 0 Å². The first-order chi connectivity index (χ1) is 17.4. The molecule has 0 radical (unpaired) electrons. The Bertz CT molecular complexity index is 1280. The zero-order chi connectivity index (χ0) is 26.8. The van der Waals surface area contributed by atoms with Gasteiger partial charge >= 0.3 is 6.18 Å². The van der Waals surface area contributed by atoms with Gasteiger partial charge in [0.15, 0.2) is 5.76 Å². The largest absolute Gasteiger partial charge is 0.416 e. The molecule has 1 atom stereocenters. The van der Waals surface area contributed by atoms with Crippen LogP contribution in [0.2, 0.25) is 5.02 Å². The van der Waals surface area contributed by atoms with E-state index in [1.54, 1.807) is 26.0 Å². The lowest BCUT2D eigenvalue weighted by molar-refractivity contribution is -0.137. The van der Waals surface area contributed by atoms with Gasteiger partial charge in [-0.3, -0.25) is 4.90 Å². The predicted octanol–water partition coefficient (Wildman–Crippen LogP) is 5.23. The van der Waals surface area contributed by atoms with Crippen molar-refractivity contribution in [2.75, 3.05) is 32.7 Å². The molecular weight excluding hydrogens is 531 g/mol. The highest BCUT2D eigenvalue weighted by Crippen LogP contribution is 2.30. The molecule has 7 nitrogen and oxygen atoms in total. The average Bonchev–Trinajstić information content (AvgIpc) is 3.21. The van der Waals surface area contributed by atoms with Gasteiger partial charge in [-0.1, -0.05) is 41.0 Å². The topological polar surface area (TPSA) is 75.9 Å². The molecule has 12 heteroatoms. The first kappa shape index (κ1) is 27.6. The number of sulfonamides is 1. The van der Waals surface area contributed by atoms with Crippen LogP contribution in [-0.2, 0) is 27.5 Å². The third-order valence-electron chi connectivity index (χ3n) is 6.30. The average molecular weight is 558 g/mol. The highest BCUT2D eigenvalue weighted by Gasteiger charge is 2.34. The van der Waals surface area contributed by atoms with Crippen LogP contribution >= 0.6 is 11.6 Å². The Kier molecular flexibility index (Phi) is 8.29. The Morgan fingerprint density at radius 3 is 2.19 bits per heavy atom. The van der Waals surface area contributed by atoms with Crippen LogP contribution in [0.4, 0.5) is 13.2 Å². The van der Waals surface area contributed by atoms with Gasteiger partial charge in [-0.25, -0.2) is 8.42 Å². The summed E-state index contributed by atoms with van der Waals surface area (Å²) >= 11 is 6.04. The first-order valence-corrected chi connectivity index (χ1v) is 13.5. The van der Waals surface area contributed by atoms with Gasteiger partial charge in [0.1, 0.15) is 10.6 Å². The summed E-state index contributed by atoms with van der Waals surface area (Å²) < 4.78 is 77.5. The number of ether oxygens (including phenoxy) is 1. The Hall–Kier alpha value is -2.44. The van der Waals surface area contributed by atoms with Crippen LogP contribution in [0.5, 0.6) is 0 Å². The summed E-state index contributed by atoms with van der Waals surface area (Å²) in [6.45, 7) is 5.31. The van der Waals surface area contributed by atoms with Crippen LogP contribution in [-0.4, -0.2) is 55.5 Å². The minimum atomic E-state index is -4.40. The van der Waals surface area contributed by atoms with Gasteiger partial charge in [-0.2, -0.15) is 17.5 Å². The molecule has 2 aromatic carbocycles. The number of piperazine rings is 1. The summed E-state index contributed by atoms with van der Waals surface area (Å²) in [6.07, 6.45) is -4.79. The molecule has 2 heterocycles. The van der Waals surface area contributed by atoms with Crippen molar-refractivity contribution in [2.45, 2.75) is 37.6 Å². The zero-order valence-corrected chi connectivity index (χ0v) is 21.9. The Morgan fingerprint density at radius 1 is 1.03 bits per heavy atom. The molecule has 0 aliphatic carbocycles. The maximum Gasteiger partial charge on any atom is 0.416 e. The number of hydrogen-bond acceptors (Lipinski definition) is 6. The van der Waals surface area contributed by atoms with Crippen LogP contribution in [0.25, 0.3) is 0 Å². The van der Waals surface area contributed by atoms with E-state index < -0.39 is 27.9 Å². The monoisotopic (exact) mass is 557 g/mol. The lowest BCUT2D eigenvalue weighted by Crippen LogP contribution is -2.49. The lowest BCUT2D eigenvalue weighted by Gasteiger charge is -2.35. The SMILES string of the molecule is Cc1noc(C)c1S(=O)(=O)N1CCN(CC(OCc2ccc(C(F)(F)F)cc2)c2ccc(Cl)cc2)CC1. The normalized spacial score (nSPS) is 16.7. The molecule has 0 amide bonds. The molecule has 200 valence electrons. The fourth-order valence-electron chi connectivity index (χ4n) is 4.28. The summed E-state index contributed by atoms with van der Waals surface area (Å²) in [5.74, 6) is 0.263. The predicted molar refractivity (Wildman–Crippen MR) is 132 cm³/mol. The minimum Gasteiger partial charge on any atom is -0.368 e. The minimum absolute atomic E-state index is 0.111. The fraction of sp³-hybridized carbons (Fsp3) is 0.400. The van der Waals surface area contributed by atoms with Gasteiger partial charge in [0.2, 0.25) is 10.0 Å². The molecule has 1 aromatic heterocycles. The van der Waals surface area contributed by atoms with Crippen molar-refractivity contribution in [1.82, 2.24) is 14.4 Å². The van der Waals surface area contributed by atoms with E-state index in [4.69, 9.17) is 20.9 Å². The van der Waals surface area contributed by atoms with Crippen LogP contribution in [0, 0.1) is 13.8 Å². The molecule has 0 spiro atoms. The van der Waals surface area contributed by atoms with E-state index in [1.165, 1.54) is 16.4 Å². The maximum absolute atomic E-state index is 13.1. The number of benzene rings is 2. The van der Waals surface area contributed by atoms with Crippen LogP contribution < -0.4 is 0 Å². The highest BCUT2D eigenvalue weighted by molar-refractivity contribution is 7.89. The molecule has 1 fully saturated rings. The third kappa shape index (κ3) is 6.53. The molecule has 1 aliphatic heterocycles. The van der Waals surface area contributed by atoms with Crippen molar-refractivity contribution in [3.05, 3.63) is 81.7 Å². The summed E-state index contributed by atoms with van der Waals surface area (Å²) in [5.41, 5.74) is 1.10. The van der Waals surface area contributed by atoms with Gasteiger partial charge in [0.05, 0.1) is 18.3 Å². The first-order valence-electron chi connectivity index (χ1n) is 11.6. The summed E-state index contributed by atoms with van der Waals surface area (Å²) in [7, 11) is -3.72. The fourth-order valence-corrected chi connectivity index (χ4v) is 6.12. The Morgan fingerprint density at radius 2 is 1.65 bits per heavy atom. The van der Waals surface area contributed by atoms with E-state index in [0.717, 1.165) is 17.7 Å². The molecule has 3 aromatic rings. The van der Waals surface area contributed by atoms with E-state index in [1.807, 2.05) is 12.1 Å². The number of aromatic nitrogens is 1. The molecule has 1 unspecified atom stereocenters. The van der Waals surface area contributed by atoms with Crippen LogP contribution in [0.1, 0.15) is 34.2 Å². The summed E-state index contributed by atoms with van der Waals surface area (Å²) in [6, 6.07) is 12.1. The van der Waals surface area contributed by atoms with Crippen molar-refractivity contribution >= 4 is 21.6 Å². The molecule has 0 N–H and O–H groups in total. The van der Waals surface area contributed by atoms with Gasteiger partial charge < -0.3 is 9.26 Å². The maximum atomic E-state index is 13.1. The second-order valence-electron chi connectivity index (χ2n) is 8.90. The molecule has 1 saturated heterocycles. The quantitative estimate of drug-likeness (QED) is 0.378. The van der Waals surface area contributed by atoms with Gasteiger partial charge in [0.25, 0.3) is 0 Å². The smallest absolute Gasteiger partial charge is 0.368 e. The van der Waals surface area contributed by atoms with Crippen molar-refractivity contribution in [3.63, 3.8) is 0 Å². The van der Waals surface area contributed by atoms with E-state index in [9.17, 15) is 21.6 Å². The van der Waals surface area contributed by atoms with Crippen molar-refractivity contribution in [1.29, 1.82) is 0 Å². The van der Waals surface area contributed by atoms with Gasteiger partial charge in [-0.05, 0) is 49.2 Å². The number of rotatable bonds is 8. The van der Waals surface area contributed by atoms with E-state index >= 15 is 0 Å². The molecule has 1 aliphatic rings. The van der Waals surface area contributed by atoms with Crippen LogP contribution in [0.15, 0.2) is 57.9 Å². The second-order valence-corrected chi connectivity index (χ2v) is 11.2. The molecular formula is C25H27ClF3N3O4S. The second kappa shape index (κ2) is 11.1. The molecule has 0 saturated carbocycles. The summed E-state index contributed by atoms with van der Waals surface area (Å²) in [4.78, 5) is 2.21. The lowest BCUT2D eigenvalue weighted by atomic mass is 10.1. The Labute approximate surface area is 218 Å². The molecule has 37 heavy (non-hydrogen) atoms.